The molecule has 0 unspecified atom stereocenters. The molecule has 0 bridgehead atoms. The summed E-state index contributed by atoms with van der Waals surface area (Å²) in [7, 11) is -3.86. The number of halogens is 2. The lowest BCUT2D eigenvalue weighted by Gasteiger charge is -2.31. The molecule has 0 spiro atoms. The van der Waals surface area contributed by atoms with E-state index in [1.807, 2.05) is 13.8 Å². The number of amides is 2. The Morgan fingerprint density at radius 3 is 2.12 bits per heavy atom. The molecule has 2 aromatic carbocycles. The van der Waals surface area contributed by atoms with Crippen LogP contribution in [0.5, 0.6) is 0 Å². The molecular weight excluding hydrogens is 469 g/mol. The third kappa shape index (κ3) is 8.01. The Bertz CT molecular complexity index is 1060. The van der Waals surface area contributed by atoms with Crippen LogP contribution >= 0.6 is 11.6 Å². The van der Waals surface area contributed by atoms with Crippen LogP contribution < -0.4 is 9.62 Å². The van der Waals surface area contributed by atoms with Crippen molar-refractivity contribution in [1.29, 1.82) is 0 Å². The first kappa shape index (κ1) is 26.6. The van der Waals surface area contributed by atoms with Gasteiger partial charge in [-0.1, -0.05) is 37.6 Å². The van der Waals surface area contributed by atoms with E-state index in [2.05, 4.69) is 5.32 Å². The molecule has 7 nitrogen and oxygen atoms in total. The molecule has 10 heteroatoms. The number of carbonyl (C=O) groups excluding carboxylic acids is 2. The quantitative estimate of drug-likeness (QED) is 0.544. The standard InChI is InChI=1S/C23H29ClFN3O4S/c1-16(2)13-26-23(30)17(3)27(14-18-5-7-19(24)8-6-18)22(29)15-28(33(4,31)32)21-11-9-20(25)10-12-21/h5-12,16-17H,13-15H2,1-4H3,(H,26,30)/t17-/m1/s1. The van der Waals surface area contributed by atoms with Crippen LogP contribution in [0, 0.1) is 11.7 Å². The van der Waals surface area contributed by atoms with Crippen LogP contribution in [0.3, 0.4) is 0 Å². The molecule has 0 radical (unpaired) electrons. The molecule has 2 rings (SSSR count). The van der Waals surface area contributed by atoms with Crippen molar-refractivity contribution in [1.82, 2.24) is 10.2 Å². The van der Waals surface area contributed by atoms with E-state index in [0.717, 1.165) is 28.3 Å². The van der Waals surface area contributed by atoms with Gasteiger partial charge in [0.15, 0.2) is 0 Å². The predicted molar refractivity (Wildman–Crippen MR) is 128 cm³/mol. The van der Waals surface area contributed by atoms with Gasteiger partial charge in [0.25, 0.3) is 0 Å². The molecule has 33 heavy (non-hydrogen) atoms. The second-order valence-electron chi connectivity index (χ2n) is 8.21. The van der Waals surface area contributed by atoms with E-state index in [-0.39, 0.29) is 24.1 Å². The second kappa shape index (κ2) is 11.5. The maximum absolute atomic E-state index is 13.3. The molecule has 0 aromatic heterocycles. The van der Waals surface area contributed by atoms with E-state index < -0.39 is 34.3 Å². The van der Waals surface area contributed by atoms with Crippen molar-refractivity contribution < 1.29 is 22.4 Å². The summed E-state index contributed by atoms with van der Waals surface area (Å²) in [5.41, 5.74) is 0.875. The van der Waals surface area contributed by atoms with Gasteiger partial charge in [0.1, 0.15) is 18.4 Å². The fourth-order valence-corrected chi connectivity index (χ4v) is 4.02. The summed E-state index contributed by atoms with van der Waals surface area (Å²) < 4.78 is 39.1. The summed E-state index contributed by atoms with van der Waals surface area (Å²) in [6.07, 6.45) is 0.964. The van der Waals surface area contributed by atoms with E-state index in [1.54, 1.807) is 31.2 Å². The van der Waals surface area contributed by atoms with Crippen LogP contribution in [0.1, 0.15) is 26.3 Å². The highest BCUT2D eigenvalue weighted by Crippen LogP contribution is 2.20. The van der Waals surface area contributed by atoms with Crippen LogP contribution in [-0.2, 0) is 26.2 Å². The van der Waals surface area contributed by atoms with E-state index in [1.165, 1.54) is 17.0 Å². The zero-order valence-corrected chi connectivity index (χ0v) is 20.7. The van der Waals surface area contributed by atoms with Gasteiger partial charge in [0.05, 0.1) is 11.9 Å². The van der Waals surface area contributed by atoms with E-state index in [0.29, 0.717) is 11.6 Å². The van der Waals surface area contributed by atoms with E-state index >= 15 is 0 Å². The summed E-state index contributed by atoms with van der Waals surface area (Å²) >= 11 is 5.95. The highest BCUT2D eigenvalue weighted by Gasteiger charge is 2.30. The summed E-state index contributed by atoms with van der Waals surface area (Å²) in [6.45, 7) is 5.47. The minimum absolute atomic E-state index is 0.0767. The maximum Gasteiger partial charge on any atom is 0.244 e. The molecule has 2 amide bonds. The number of hydrogen-bond donors (Lipinski definition) is 1. The number of nitrogens with one attached hydrogen (secondary N) is 1. The first-order valence-corrected chi connectivity index (χ1v) is 12.7. The van der Waals surface area contributed by atoms with Gasteiger partial charge in [-0.3, -0.25) is 13.9 Å². The third-order valence-electron chi connectivity index (χ3n) is 4.91. The van der Waals surface area contributed by atoms with E-state index in [9.17, 15) is 22.4 Å². The molecule has 2 aromatic rings. The number of benzene rings is 2. The minimum atomic E-state index is -3.86. The highest BCUT2D eigenvalue weighted by atomic mass is 35.5. The molecule has 0 saturated heterocycles. The van der Waals surface area contributed by atoms with Crippen molar-refractivity contribution in [3.63, 3.8) is 0 Å². The lowest BCUT2D eigenvalue weighted by Crippen LogP contribution is -2.51. The maximum atomic E-state index is 13.3. The second-order valence-corrected chi connectivity index (χ2v) is 10.6. The van der Waals surface area contributed by atoms with Gasteiger partial charge in [0, 0.05) is 18.1 Å². The average Bonchev–Trinajstić information content (AvgIpc) is 2.74. The van der Waals surface area contributed by atoms with Crippen LogP contribution in [-0.4, -0.2) is 50.5 Å². The van der Waals surface area contributed by atoms with Gasteiger partial charge in [0.2, 0.25) is 21.8 Å². The van der Waals surface area contributed by atoms with Gasteiger partial charge in [-0.2, -0.15) is 0 Å². The van der Waals surface area contributed by atoms with Crippen molar-refractivity contribution in [2.24, 2.45) is 5.92 Å². The predicted octanol–water partition coefficient (Wildman–Crippen LogP) is 3.43. The fourth-order valence-electron chi connectivity index (χ4n) is 3.04. The number of hydrogen-bond acceptors (Lipinski definition) is 4. The van der Waals surface area contributed by atoms with Crippen molar-refractivity contribution in [3.8, 4) is 0 Å². The van der Waals surface area contributed by atoms with Crippen molar-refractivity contribution >= 4 is 39.1 Å². The normalized spacial score (nSPS) is 12.3. The van der Waals surface area contributed by atoms with Gasteiger partial charge in [-0.05, 0) is 54.8 Å². The number of anilines is 1. The number of rotatable bonds is 10. The number of sulfonamides is 1. The van der Waals surface area contributed by atoms with E-state index in [4.69, 9.17) is 11.6 Å². The molecule has 0 aliphatic carbocycles. The molecule has 1 N–H and O–H groups in total. The molecule has 1 atom stereocenters. The third-order valence-corrected chi connectivity index (χ3v) is 6.30. The SMILES string of the molecule is CC(C)CNC(=O)[C@@H](C)N(Cc1ccc(Cl)cc1)C(=O)CN(c1ccc(F)cc1)S(C)(=O)=O. The van der Waals surface area contributed by atoms with Crippen LogP contribution in [0.4, 0.5) is 10.1 Å². The molecule has 0 fully saturated rings. The molecule has 180 valence electrons. The van der Waals surface area contributed by atoms with Crippen LogP contribution in [0.2, 0.25) is 5.02 Å². The molecule has 0 aliphatic rings. The van der Waals surface area contributed by atoms with Crippen molar-refractivity contribution in [2.75, 3.05) is 23.7 Å². The molecular formula is C23H29ClFN3O4S. The average molecular weight is 498 g/mol. The van der Waals surface area contributed by atoms with Crippen molar-refractivity contribution in [2.45, 2.75) is 33.4 Å². The summed E-state index contributed by atoms with van der Waals surface area (Å²) in [4.78, 5) is 27.4. The Morgan fingerprint density at radius 1 is 1.03 bits per heavy atom. The monoisotopic (exact) mass is 497 g/mol. The van der Waals surface area contributed by atoms with Crippen molar-refractivity contribution in [3.05, 3.63) is 64.9 Å². The molecule has 0 heterocycles. The zero-order chi connectivity index (χ0) is 24.8. The molecule has 0 saturated carbocycles. The van der Waals surface area contributed by atoms with Crippen LogP contribution in [0.15, 0.2) is 48.5 Å². The number of carbonyl (C=O) groups is 2. The van der Waals surface area contributed by atoms with Gasteiger partial charge >= 0.3 is 0 Å². The first-order chi connectivity index (χ1) is 15.4. The Morgan fingerprint density at radius 2 is 1.61 bits per heavy atom. The summed E-state index contributed by atoms with van der Waals surface area (Å²) in [5, 5.41) is 3.33. The topological polar surface area (TPSA) is 86.8 Å². The lowest BCUT2D eigenvalue weighted by molar-refractivity contribution is -0.139. The Balaban J connectivity index is 2.34. The lowest BCUT2D eigenvalue weighted by atomic mass is 10.1. The van der Waals surface area contributed by atoms with Crippen LogP contribution in [0.25, 0.3) is 0 Å². The Hall–Kier alpha value is -2.65. The first-order valence-electron chi connectivity index (χ1n) is 10.4. The summed E-state index contributed by atoms with van der Waals surface area (Å²) in [6, 6.07) is 10.7. The largest absolute Gasteiger partial charge is 0.354 e. The Labute approximate surface area is 199 Å². The number of nitrogens with zero attached hydrogens (tertiary/aromatic N) is 2. The fraction of sp³-hybridized carbons (Fsp3) is 0.391. The van der Waals surface area contributed by atoms with Gasteiger partial charge in [-0.15, -0.1) is 0 Å². The van der Waals surface area contributed by atoms with Gasteiger partial charge < -0.3 is 10.2 Å². The Kier molecular flexibility index (Phi) is 9.25. The molecule has 0 aliphatic heterocycles. The van der Waals surface area contributed by atoms with Gasteiger partial charge in [-0.25, -0.2) is 12.8 Å². The minimum Gasteiger partial charge on any atom is -0.354 e. The smallest absolute Gasteiger partial charge is 0.244 e. The summed E-state index contributed by atoms with van der Waals surface area (Å²) in [5.74, 6) is -1.23. The zero-order valence-electron chi connectivity index (χ0n) is 19.1. The highest BCUT2D eigenvalue weighted by molar-refractivity contribution is 7.92.